The summed E-state index contributed by atoms with van der Waals surface area (Å²) in [6.45, 7) is 1.09. The summed E-state index contributed by atoms with van der Waals surface area (Å²) in [6.07, 6.45) is 3.61. The molecule has 0 radical (unpaired) electrons. The molecule has 5 heteroatoms. The largest absolute Gasteiger partial charge is 0.325 e. The van der Waals surface area contributed by atoms with Crippen molar-refractivity contribution in [2.24, 2.45) is 0 Å². The lowest BCUT2D eigenvalue weighted by atomic mass is 10.1. The highest BCUT2D eigenvalue weighted by Crippen LogP contribution is 2.34. The van der Waals surface area contributed by atoms with E-state index in [4.69, 9.17) is 0 Å². The fourth-order valence-electron chi connectivity index (χ4n) is 4.20. The van der Waals surface area contributed by atoms with Gasteiger partial charge in [0.25, 0.3) is 0 Å². The third kappa shape index (κ3) is 3.74. The number of anilines is 2. The maximum Gasteiger partial charge on any atom is 0.238 e. The molecule has 2 amide bonds. The highest BCUT2D eigenvalue weighted by Gasteiger charge is 2.26. The molecule has 5 nitrogen and oxygen atoms in total. The molecule has 0 unspecified atom stereocenters. The minimum Gasteiger partial charge on any atom is -0.325 e. The molecular weight excluding hydrogens is 338 g/mol. The van der Waals surface area contributed by atoms with Crippen molar-refractivity contribution in [3.05, 3.63) is 59.7 Å². The first-order chi connectivity index (χ1) is 13.1. The lowest BCUT2D eigenvalue weighted by Crippen LogP contribution is -2.32. The van der Waals surface area contributed by atoms with Gasteiger partial charge in [-0.15, -0.1) is 0 Å². The standard InChI is InChI=1S/C22H25N3O2/c1-24(20-12-11-16-6-2-3-9-19(16)20)15-21(26)23-17-7-4-8-18(14-17)25-13-5-10-22(25)27/h2-4,6-9,14,20H,5,10-13,15H2,1H3,(H,23,26)/t20-/m0/s1. The Morgan fingerprint density at radius 2 is 2.04 bits per heavy atom. The van der Waals surface area contributed by atoms with Crippen molar-refractivity contribution in [3.8, 4) is 0 Å². The van der Waals surface area contributed by atoms with Gasteiger partial charge in [0.05, 0.1) is 6.54 Å². The van der Waals surface area contributed by atoms with Gasteiger partial charge in [-0.3, -0.25) is 14.5 Å². The number of benzene rings is 2. The SMILES string of the molecule is CN(CC(=O)Nc1cccc(N2CCCC2=O)c1)[C@H]1CCc2ccccc21. The van der Waals surface area contributed by atoms with Crippen LogP contribution in [0.1, 0.15) is 36.4 Å². The van der Waals surface area contributed by atoms with E-state index in [0.29, 0.717) is 19.0 Å². The number of rotatable bonds is 5. The van der Waals surface area contributed by atoms with Crippen molar-refractivity contribution in [3.63, 3.8) is 0 Å². The average Bonchev–Trinajstić information content (AvgIpc) is 3.28. The summed E-state index contributed by atoms with van der Waals surface area (Å²) in [5, 5.41) is 2.98. The fraction of sp³-hybridized carbons (Fsp3) is 0.364. The van der Waals surface area contributed by atoms with Crippen LogP contribution in [-0.4, -0.2) is 36.9 Å². The molecule has 1 saturated heterocycles. The molecule has 0 aromatic heterocycles. The van der Waals surface area contributed by atoms with Gasteiger partial charge in [-0.25, -0.2) is 0 Å². The number of fused-ring (bicyclic) bond motifs is 1. The zero-order chi connectivity index (χ0) is 18.8. The molecule has 27 heavy (non-hydrogen) atoms. The van der Waals surface area contributed by atoms with E-state index in [-0.39, 0.29) is 11.8 Å². The number of hydrogen-bond acceptors (Lipinski definition) is 3. The van der Waals surface area contributed by atoms with Crippen LogP contribution in [0.25, 0.3) is 0 Å². The lowest BCUT2D eigenvalue weighted by Gasteiger charge is -2.24. The van der Waals surface area contributed by atoms with Gasteiger partial charge in [0.2, 0.25) is 11.8 Å². The molecule has 1 aliphatic heterocycles. The molecule has 0 bridgehead atoms. The average molecular weight is 363 g/mol. The first kappa shape index (κ1) is 17.7. The van der Waals surface area contributed by atoms with Crippen LogP contribution in [0.5, 0.6) is 0 Å². The molecule has 1 fully saturated rings. The molecule has 1 atom stereocenters. The third-order valence-electron chi connectivity index (χ3n) is 5.54. The number of hydrogen-bond donors (Lipinski definition) is 1. The van der Waals surface area contributed by atoms with Gasteiger partial charge in [-0.1, -0.05) is 30.3 Å². The molecular formula is C22H25N3O2. The minimum absolute atomic E-state index is 0.0354. The van der Waals surface area contributed by atoms with E-state index in [1.54, 1.807) is 4.90 Å². The van der Waals surface area contributed by atoms with E-state index in [9.17, 15) is 9.59 Å². The Bertz CT molecular complexity index is 864. The van der Waals surface area contributed by atoms with Crippen LogP contribution in [0, 0.1) is 0 Å². The quantitative estimate of drug-likeness (QED) is 0.886. The fourth-order valence-corrected chi connectivity index (χ4v) is 4.20. The number of nitrogens with zero attached hydrogens (tertiary/aromatic N) is 2. The maximum atomic E-state index is 12.6. The summed E-state index contributed by atoms with van der Waals surface area (Å²) in [4.78, 5) is 28.4. The van der Waals surface area contributed by atoms with Crippen molar-refractivity contribution in [2.45, 2.75) is 31.7 Å². The van der Waals surface area contributed by atoms with Gasteiger partial charge in [-0.05, 0) is 55.6 Å². The molecule has 1 heterocycles. The highest BCUT2D eigenvalue weighted by molar-refractivity contribution is 5.97. The molecule has 4 rings (SSSR count). The molecule has 0 saturated carbocycles. The number of carbonyl (C=O) groups excluding carboxylic acids is 2. The zero-order valence-corrected chi connectivity index (χ0v) is 15.6. The summed E-state index contributed by atoms with van der Waals surface area (Å²) in [5.41, 5.74) is 4.31. The topological polar surface area (TPSA) is 52.7 Å². The molecule has 2 aromatic carbocycles. The van der Waals surface area contributed by atoms with Crippen LogP contribution in [0.3, 0.4) is 0 Å². The van der Waals surface area contributed by atoms with Gasteiger partial charge in [0.1, 0.15) is 0 Å². The number of amides is 2. The molecule has 140 valence electrons. The lowest BCUT2D eigenvalue weighted by molar-refractivity contribution is -0.118. The summed E-state index contributed by atoms with van der Waals surface area (Å²) >= 11 is 0. The summed E-state index contributed by atoms with van der Waals surface area (Å²) < 4.78 is 0. The van der Waals surface area contributed by atoms with Crippen LogP contribution in [0.4, 0.5) is 11.4 Å². The Kier molecular flexibility index (Phi) is 4.94. The van der Waals surface area contributed by atoms with Gasteiger partial charge in [0, 0.05) is 30.4 Å². The smallest absolute Gasteiger partial charge is 0.238 e. The van der Waals surface area contributed by atoms with E-state index in [2.05, 4.69) is 34.5 Å². The molecule has 2 aromatic rings. The second-order valence-corrected chi connectivity index (χ2v) is 7.42. The first-order valence-electron chi connectivity index (χ1n) is 9.60. The molecule has 2 aliphatic rings. The first-order valence-corrected chi connectivity index (χ1v) is 9.60. The Hall–Kier alpha value is -2.66. The van der Waals surface area contributed by atoms with E-state index in [1.165, 1.54) is 11.1 Å². The van der Waals surface area contributed by atoms with E-state index < -0.39 is 0 Å². The Labute approximate surface area is 160 Å². The predicted molar refractivity (Wildman–Crippen MR) is 107 cm³/mol. The molecule has 1 N–H and O–H groups in total. The normalized spacial score (nSPS) is 18.8. The summed E-state index contributed by atoms with van der Waals surface area (Å²) in [6, 6.07) is 16.3. The zero-order valence-electron chi connectivity index (χ0n) is 15.6. The summed E-state index contributed by atoms with van der Waals surface area (Å²) in [5.74, 6) is 0.116. The Morgan fingerprint density at radius 1 is 1.19 bits per heavy atom. The predicted octanol–water partition coefficient (Wildman–Crippen LogP) is 3.37. The third-order valence-corrected chi connectivity index (χ3v) is 5.54. The van der Waals surface area contributed by atoms with E-state index in [1.807, 2.05) is 31.3 Å². The van der Waals surface area contributed by atoms with Gasteiger partial charge in [0.15, 0.2) is 0 Å². The Morgan fingerprint density at radius 3 is 2.85 bits per heavy atom. The minimum atomic E-state index is -0.0354. The number of carbonyl (C=O) groups is 2. The maximum absolute atomic E-state index is 12.6. The molecule has 0 spiro atoms. The van der Waals surface area contributed by atoms with Crippen LogP contribution in [0.15, 0.2) is 48.5 Å². The number of aryl methyl sites for hydroxylation is 1. The number of nitrogens with one attached hydrogen (secondary N) is 1. The van der Waals surface area contributed by atoms with Crippen LogP contribution in [-0.2, 0) is 16.0 Å². The van der Waals surface area contributed by atoms with Crippen LogP contribution >= 0.6 is 0 Å². The summed E-state index contributed by atoms with van der Waals surface area (Å²) in [7, 11) is 2.01. The van der Waals surface area contributed by atoms with Crippen LogP contribution < -0.4 is 10.2 Å². The van der Waals surface area contributed by atoms with Gasteiger partial charge >= 0.3 is 0 Å². The van der Waals surface area contributed by atoms with E-state index in [0.717, 1.165) is 37.2 Å². The van der Waals surface area contributed by atoms with Crippen molar-refractivity contribution in [1.82, 2.24) is 4.90 Å². The van der Waals surface area contributed by atoms with Crippen molar-refractivity contribution in [1.29, 1.82) is 0 Å². The molecule has 1 aliphatic carbocycles. The second-order valence-electron chi connectivity index (χ2n) is 7.42. The van der Waals surface area contributed by atoms with Gasteiger partial charge < -0.3 is 10.2 Å². The van der Waals surface area contributed by atoms with Crippen molar-refractivity contribution in [2.75, 3.05) is 30.4 Å². The van der Waals surface area contributed by atoms with Crippen molar-refractivity contribution >= 4 is 23.2 Å². The second kappa shape index (κ2) is 7.53. The monoisotopic (exact) mass is 363 g/mol. The number of likely N-dealkylation sites (N-methyl/N-ethyl adjacent to an activating group) is 1. The Balaban J connectivity index is 1.39. The highest BCUT2D eigenvalue weighted by atomic mass is 16.2. The van der Waals surface area contributed by atoms with Crippen molar-refractivity contribution < 1.29 is 9.59 Å². The van der Waals surface area contributed by atoms with Gasteiger partial charge in [-0.2, -0.15) is 0 Å². The van der Waals surface area contributed by atoms with E-state index >= 15 is 0 Å². The van der Waals surface area contributed by atoms with Crippen LogP contribution in [0.2, 0.25) is 0 Å².